The van der Waals surface area contributed by atoms with E-state index in [0.29, 0.717) is 6.54 Å². The largest absolute Gasteiger partial charge is 0.352 e. The van der Waals surface area contributed by atoms with Gasteiger partial charge in [0, 0.05) is 25.8 Å². The minimum absolute atomic E-state index is 0.566. The molecule has 19 heavy (non-hydrogen) atoms. The minimum atomic E-state index is 0.566. The van der Waals surface area contributed by atoms with Gasteiger partial charge < -0.3 is 10.6 Å². The number of anilines is 1. The van der Waals surface area contributed by atoms with E-state index in [2.05, 4.69) is 33.9 Å². The van der Waals surface area contributed by atoms with Crippen LogP contribution in [0, 0.1) is 6.92 Å². The Morgan fingerprint density at radius 3 is 2.53 bits per heavy atom. The molecule has 0 atom stereocenters. The van der Waals surface area contributed by atoms with Gasteiger partial charge in [0.2, 0.25) is 0 Å². The third-order valence-corrected chi connectivity index (χ3v) is 3.17. The topological polar surface area (TPSA) is 55.0 Å². The first-order valence-electron chi connectivity index (χ1n) is 6.56. The van der Waals surface area contributed by atoms with E-state index in [1.54, 1.807) is 6.20 Å². The predicted molar refractivity (Wildman–Crippen MR) is 77.8 cm³/mol. The van der Waals surface area contributed by atoms with Gasteiger partial charge in [-0.3, -0.25) is 0 Å². The highest BCUT2D eigenvalue weighted by Gasteiger charge is 2.09. The maximum absolute atomic E-state index is 5.79. The average Bonchev–Trinajstić information content (AvgIpc) is 2.45. The van der Waals surface area contributed by atoms with Crippen LogP contribution >= 0.6 is 0 Å². The first-order valence-corrected chi connectivity index (χ1v) is 6.56. The van der Waals surface area contributed by atoms with Gasteiger partial charge in [-0.2, -0.15) is 0 Å². The minimum Gasteiger partial charge on any atom is -0.352 e. The van der Waals surface area contributed by atoms with Crippen LogP contribution in [0.5, 0.6) is 0 Å². The number of nitrogens with zero attached hydrogens (tertiary/aromatic N) is 3. The van der Waals surface area contributed by atoms with Crippen LogP contribution < -0.4 is 10.6 Å². The van der Waals surface area contributed by atoms with Crippen LogP contribution in [0.1, 0.15) is 23.9 Å². The lowest BCUT2D eigenvalue weighted by molar-refractivity contribution is 0.795. The molecule has 0 unspecified atom stereocenters. The van der Waals surface area contributed by atoms with Gasteiger partial charge in [0.15, 0.2) is 0 Å². The Hall–Kier alpha value is -1.94. The zero-order valence-corrected chi connectivity index (χ0v) is 11.5. The van der Waals surface area contributed by atoms with Gasteiger partial charge in [-0.15, -0.1) is 0 Å². The van der Waals surface area contributed by atoms with Crippen LogP contribution in [-0.4, -0.2) is 16.5 Å². The Morgan fingerprint density at radius 1 is 1.16 bits per heavy atom. The molecule has 1 aromatic heterocycles. The fourth-order valence-electron chi connectivity index (χ4n) is 2.09. The monoisotopic (exact) mass is 256 g/mol. The maximum atomic E-state index is 5.79. The molecule has 0 spiro atoms. The van der Waals surface area contributed by atoms with Gasteiger partial charge in [0.25, 0.3) is 0 Å². The van der Waals surface area contributed by atoms with Crippen molar-refractivity contribution in [3.63, 3.8) is 0 Å². The standard InChI is InChI=1S/C15H20N4/c1-3-19(15-8-9-17-12(2)18-15)11-14-7-5-4-6-13(14)10-16/h4-9H,3,10-11,16H2,1-2H3. The molecule has 100 valence electrons. The predicted octanol–water partition coefficient (Wildman–Crippen LogP) is 2.27. The fraction of sp³-hybridized carbons (Fsp3) is 0.333. The normalized spacial score (nSPS) is 10.5. The van der Waals surface area contributed by atoms with Crippen molar-refractivity contribution in [3.05, 3.63) is 53.5 Å². The van der Waals surface area contributed by atoms with Crippen LogP contribution in [-0.2, 0) is 13.1 Å². The molecule has 0 radical (unpaired) electrons. The van der Waals surface area contributed by atoms with Crippen LogP contribution in [0.4, 0.5) is 5.82 Å². The molecule has 0 bridgehead atoms. The number of hydrogen-bond acceptors (Lipinski definition) is 4. The number of aryl methyl sites for hydroxylation is 1. The molecule has 1 aromatic carbocycles. The van der Waals surface area contributed by atoms with Gasteiger partial charge in [-0.1, -0.05) is 24.3 Å². The molecule has 2 rings (SSSR count). The van der Waals surface area contributed by atoms with E-state index >= 15 is 0 Å². The van der Waals surface area contributed by atoms with E-state index in [4.69, 9.17) is 5.73 Å². The molecule has 2 aromatic rings. The molecule has 4 heteroatoms. The van der Waals surface area contributed by atoms with Crippen molar-refractivity contribution in [2.75, 3.05) is 11.4 Å². The van der Waals surface area contributed by atoms with E-state index in [0.717, 1.165) is 24.7 Å². The molecule has 0 aliphatic heterocycles. The summed E-state index contributed by atoms with van der Waals surface area (Å²) in [4.78, 5) is 10.8. The highest BCUT2D eigenvalue weighted by Crippen LogP contribution is 2.16. The number of rotatable bonds is 5. The van der Waals surface area contributed by atoms with Crippen LogP contribution in [0.25, 0.3) is 0 Å². The first-order chi connectivity index (χ1) is 9.24. The summed E-state index contributed by atoms with van der Waals surface area (Å²) in [7, 11) is 0. The lowest BCUT2D eigenvalue weighted by Crippen LogP contribution is -2.24. The van der Waals surface area contributed by atoms with Crippen LogP contribution in [0.15, 0.2) is 36.5 Å². The third kappa shape index (κ3) is 3.29. The van der Waals surface area contributed by atoms with E-state index in [9.17, 15) is 0 Å². The van der Waals surface area contributed by atoms with Gasteiger partial charge in [0.1, 0.15) is 11.6 Å². The number of hydrogen-bond donors (Lipinski definition) is 1. The Labute approximate surface area is 114 Å². The quantitative estimate of drug-likeness (QED) is 0.891. The second kappa shape index (κ2) is 6.29. The van der Waals surface area contributed by atoms with Gasteiger partial charge in [0.05, 0.1) is 0 Å². The summed E-state index contributed by atoms with van der Waals surface area (Å²) in [5, 5.41) is 0. The zero-order valence-electron chi connectivity index (χ0n) is 11.5. The summed E-state index contributed by atoms with van der Waals surface area (Å²) in [5.41, 5.74) is 8.23. The van der Waals surface area contributed by atoms with Gasteiger partial charge in [-0.25, -0.2) is 9.97 Å². The highest BCUT2D eigenvalue weighted by atomic mass is 15.2. The summed E-state index contributed by atoms with van der Waals surface area (Å²) in [6.45, 7) is 6.32. The number of aromatic nitrogens is 2. The second-order valence-electron chi connectivity index (χ2n) is 4.45. The second-order valence-corrected chi connectivity index (χ2v) is 4.45. The summed E-state index contributed by atoms with van der Waals surface area (Å²) >= 11 is 0. The Morgan fingerprint density at radius 2 is 1.89 bits per heavy atom. The van der Waals surface area contributed by atoms with Crippen molar-refractivity contribution in [2.45, 2.75) is 26.9 Å². The van der Waals surface area contributed by atoms with E-state index in [1.165, 1.54) is 11.1 Å². The van der Waals surface area contributed by atoms with Crippen LogP contribution in [0.2, 0.25) is 0 Å². The first kappa shape index (κ1) is 13.5. The Kier molecular flexibility index (Phi) is 4.47. The summed E-state index contributed by atoms with van der Waals surface area (Å²) < 4.78 is 0. The number of benzene rings is 1. The molecule has 0 aliphatic carbocycles. The highest BCUT2D eigenvalue weighted by molar-refractivity contribution is 5.40. The molecule has 0 saturated heterocycles. The Balaban J connectivity index is 2.24. The molecule has 0 amide bonds. The van der Waals surface area contributed by atoms with E-state index in [1.807, 2.05) is 25.1 Å². The fourth-order valence-corrected chi connectivity index (χ4v) is 2.09. The molecule has 0 saturated carbocycles. The molecular formula is C15H20N4. The van der Waals surface area contributed by atoms with Crippen molar-refractivity contribution in [2.24, 2.45) is 5.73 Å². The summed E-state index contributed by atoms with van der Waals surface area (Å²) in [5.74, 6) is 1.75. The SMILES string of the molecule is CCN(Cc1ccccc1CN)c1ccnc(C)n1. The van der Waals surface area contributed by atoms with Crippen LogP contribution in [0.3, 0.4) is 0 Å². The molecular weight excluding hydrogens is 236 g/mol. The Bertz CT molecular complexity index is 539. The average molecular weight is 256 g/mol. The lowest BCUT2D eigenvalue weighted by atomic mass is 10.1. The smallest absolute Gasteiger partial charge is 0.132 e. The maximum Gasteiger partial charge on any atom is 0.132 e. The zero-order chi connectivity index (χ0) is 13.7. The van der Waals surface area contributed by atoms with Crippen molar-refractivity contribution in [3.8, 4) is 0 Å². The third-order valence-electron chi connectivity index (χ3n) is 3.17. The van der Waals surface area contributed by atoms with Crippen molar-refractivity contribution >= 4 is 5.82 Å². The lowest BCUT2D eigenvalue weighted by Gasteiger charge is -2.23. The van der Waals surface area contributed by atoms with E-state index in [-0.39, 0.29) is 0 Å². The van der Waals surface area contributed by atoms with Crippen molar-refractivity contribution in [1.82, 2.24) is 9.97 Å². The molecule has 0 aliphatic rings. The molecule has 4 nitrogen and oxygen atoms in total. The van der Waals surface area contributed by atoms with Gasteiger partial charge in [-0.05, 0) is 31.0 Å². The summed E-state index contributed by atoms with van der Waals surface area (Å²) in [6.07, 6.45) is 1.80. The molecule has 1 heterocycles. The van der Waals surface area contributed by atoms with Gasteiger partial charge >= 0.3 is 0 Å². The van der Waals surface area contributed by atoms with E-state index < -0.39 is 0 Å². The van der Waals surface area contributed by atoms with Crippen molar-refractivity contribution in [1.29, 1.82) is 0 Å². The summed E-state index contributed by atoms with van der Waals surface area (Å²) in [6, 6.07) is 10.2. The van der Waals surface area contributed by atoms with Crippen molar-refractivity contribution < 1.29 is 0 Å². The number of nitrogens with two attached hydrogens (primary N) is 1. The molecule has 0 fully saturated rings. The molecule has 2 N–H and O–H groups in total.